The Morgan fingerprint density at radius 2 is 2.00 bits per heavy atom. The van der Waals surface area contributed by atoms with E-state index in [1.807, 2.05) is 12.1 Å². The van der Waals surface area contributed by atoms with Crippen molar-refractivity contribution in [3.63, 3.8) is 0 Å². The minimum atomic E-state index is -0.934. The number of pyridine rings is 1. The number of alkyl halides is 1. The molecule has 0 unspecified atom stereocenters. The summed E-state index contributed by atoms with van der Waals surface area (Å²) in [6, 6.07) is 9.25. The zero-order chi connectivity index (χ0) is 31.6. The Kier molecular flexibility index (Phi) is 6.88. The molecule has 234 valence electrons. The third kappa shape index (κ3) is 4.58. The van der Waals surface area contributed by atoms with Crippen molar-refractivity contribution in [1.29, 1.82) is 0 Å². The highest BCUT2D eigenvalue weighted by Gasteiger charge is 2.49. The standard InChI is InChI=1S/C35H30F3N5O3/c1-2-24-27(37)7-5-20-13-23(44)14-25(29(20)24)32-30(38)33-26(16-39-32)31(28-8-6-22-18-45-12-4-11-43(22)28)40-34(41-33)46-19-35-9-3-10-42(35)17-21(36)15-35/h1,5-8,13-14,16,21,44H,3-4,9-12,15,17-19H2/t21-,35+/m1/s1. The molecule has 46 heavy (non-hydrogen) atoms. The maximum atomic E-state index is 16.8. The van der Waals surface area contributed by atoms with E-state index in [1.165, 1.54) is 30.5 Å². The van der Waals surface area contributed by atoms with Crippen LogP contribution in [0.5, 0.6) is 11.8 Å². The number of rotatable bonds is 5. The molecule has 2 aromatic carbocycles. The topological polar surface area (TPSA) is 85.5 Å². The molecule has 3 aliphatic rings. The van der Waals surface area contributed by atoms with Crippen molar-refractivity contribution in [3.05, 3.63) is 65.5 Å². The predicted octanol–water partition coefficient (Wildman–Crippen LogP) is 6.15. The van der Waals surface area contributed by atoms with Gasteiger partial charge in [-0.3, -0.25) is 9.88 Å². The Bertz CT molecular complexity index is 2080. The van der Waals surface area contributed by atoms with E-state index in [9.17, 15) is 13.9 Å². The minimum Gasteiger partial charge on any atom is -0.508 e. The quantitative estimate of drug-likeness (QED) is 0.235. The first kappa shape index (κ1) is 28.8. The van der Waals surface area contributed by atoms with Crippen molar-refractivity contribution < 1.29 is 27.8 Å². The van der Waals surface area contributed by atoms with E-state index in [0.29, 0.717) is 49.2 Å². The van der Waals surface area contributed by atoms with Crippen LogP contribution < -0.4 is 4.74 Å². The van der Waals surface area contributed by atoms with Gasteiger partial charge in [0.2, 0.25) is 0 Å². The molecule has 0 spiro atoms. The number of ether oxygens (including phenoxy) is 2. The normalized spacial score (nSPS) is 21.3. The van der Waals surface area contributed by atoms with E-state index in [1.54, 1.807) is 0 Å². The van der Waals surface area contributed by atoms with Crippen molar-refractivity contribution in [2.45, 2.75) is 50.5 Å². The fourth-order valence-electron chi connectivity index (χ4n) is 7.49. The Morgan fingerprint density at radius 3 is 2.87 bits per heavy atom. The number of fused-ring (bicyclic) bond motifs is 4. The summed E-state index contributed by atoms with van der Waals surface area (Å²) >= 11 is 0. The van der Waals surface area contributed by atoms with Gasteiger partial charge in [-0.25, -0.2) is 13.2 Å². The van der Waals surface area contributed by atoms with E-state index >= 15 is 4.39 Å². The number of hydrogen-bond donors (Lipinski definition) is 1. The highest BCUT2D eigenvalue weighted by Crippen LogP contribution is 2.42. The molecule has 0 aliphatic carbocycles. The molecule has 1 N–H and O–H groups in total. The number of nitrogens with zero attached hydrogens (tertiary/aromatic N) is 5. The van der Waals surface area contributed by atoms with Crippen molar-refractivity contribution >= 4 is 21.7 Å². The van der Waals surface area contributed by atoms with E-state index in [0.717, 1.165) is 37.2 Å². The highest BCUT2D eigenvalue weighted by atomic mass is 19.1. The Balaban J connectivity index is 1.32. The molecule has 6 heterocycles. The lowest BCUT2D eigenvalue weighted by Crippen LogP contribution is -2.43. The molecular formula is C35H30F3N5O3. The number of benzene rings is 2. The first-order valence-electron chi connectivity index (χ1n) is 15.4. The van der Waals surface area contributed by atoms with Gasteiger partial charge in [-0.1, -0.05) is 12.0 Å². The number of aromatic nitrogens is 4. The van der Waals surface area contributed by atoms with Gasteiger partial charge >= 0.3 is 6.01 Å². The first-order valence-corrected chi connectivity index (χ1v) is 15.4. The summed E-state index contributed by atoms with van der Waals surface area (Å²) in [6.45, 7) is 3.07. The van der Waals surface area contributed by atoms with Crippen LogP contribution in [0.3, 0.4) is 0 Å². The third-order valence-electron chi connectivity index (χ3n) is 9.58. The van der Waals surface area contributed by atoms with Crippen molar-refractivity contribution in [1.82, 2.24) is 24.4 Å². The van der Waals surface area contributed by atoms with Crippen LogP contribution >= 0.6 is 0 Å². The lowest BCUT2D eigenvalue weighted by Gasteiger charge is -2.30. The number of aromatic hydroxyl groups is 1. The van der Waals surface area contributed by atoms with Gasteiger partial charge in [0.1, 0.15) is 41.2 Å². The summed E-state index contributed by atoms with van der Waals surface area (Å²) < 4.78 is 60.2. The highest BCUT2D eigenvalue weighted by molar-refractivity contribution is 6.03. The summed E-state index contributed by atoms with van der Waals surface area (Å²) in [5, 5.41) is 11.6. The summed E-state index contributed by atoms with van der Waals surface area (Å²) in [4.78, 5) is 15.9. The fraction of sp³-hybridized carbons (Fsp3) is 0.343. The number of phenolic OH excluding ortho intramolecular Hbond substituents is 1. The minimum absolute atomic E-state index is 0.0429. The SMILES string of the molecule is C#Cc1c(F)ccc2cc(O)cc(-c3ncc4c(-c5ccc6n5CCCOC6)nc(OC[C@@]56CCCN5C[C@H](F)C6)nc4c3F)c12. The number of terminal acetylenes is 1. The molecular weight excluding hydrogens is 595 g/mol. The fourth-order valence-corrected chi connectivity index (χ4v) is 7.49. The number of phenols is 1. The van der Waals surface area contributed by atoms with Gasteiger partial charge < -0.3 is 19.1 Å². The van der Waals surface area contributed by atoms with E-state index in [4.69, 9.17) is 20.9 Å². The van der Waals surface area contributed by atoms with Gasteiger partial charge in [0.05, 0.1) is 23.4 Å². The predicted molar refractivity (Wildman–Crippen MR) is 166 cm³/mol. The van der Waals surface area contributed by atoms with Crippen LogP contribution in [0.15, 0.2) is 42.6 Å². The van der Waals surface area contributed by atoms with Crippen LogP contribution in [0.25, 0.3) is 44.3 Å². The molecule has 11 heteroatoms. The molecule has 3 aliphatic heterocycles. The van der Waals surface area contributed by atoms with Gasteiger partial charge in [-0.2, -0.15) is 9.97 Å². The van der Waals surface area contributed by atoms with Gasteiger partial charge in [-0.05, 0) is 61.5 Å². The molecule has 5 aromatic rings. The first-order chi connectivity index (χ1) is 22.3. The molecule has 0 bridgehead atoms. The third-order valence-corrected chi connectivity index (χ3v) is 9.58. The molecule has 2 fully saturated rings. The lowest BCUT2D eigenvalue weighted by molar-refractivity contribution is 0.107. The summed E-state index contributed by atoms with van der Waals surface area (Å²) in [5.74, 6) is 0.750. The Morgan fingerprint density at radius 1 is 1.11 bits per heavy atom. The van der Waals surface area contributed by atoms with Gasteiger partial charge in [0, 0.05) is 54.3 Å². The summed E-state index contributed by atoms with van der Waals surface area (Å²) in [5.41, 5.74) is 1.50. The van der Waals surface area contributed by atoms with Gasteiger partial charge in [-0.15, -0.1) is 6.42 Å². The Labute approximate surface area is 262 Å². The average molecular weight is 626 g/mol. The van der Waals surface area contributed by atoms with Crippen molar-refractivity contribution in [2.75, 3.05) is 26.3 Å². The molecule has 2 atom stereocenters. The monoisotopic (exact) mass is 625 g/mol. The largest absolute Gasteiger partial charge is 0.508 e. The van der Waals surface area contributed by atoms with Crippen molar-refractivity contribution in [2.24, 2.45) is 0 Å². The number of hydrogen-bond acceptors (Lipinski definition) is 7. The smallest absolute Gasteiger partial charge is 0.317 e. The second-order valence-electron chi connectivity index (χ2n) is 12.3. The van der Waals surface area contributed by atoms with Gasteiger partial charge in [0.15, 0.2) is 5.82 Å². The van der Waals surface area contributed by atoms with Crippen LogP contribution in [-0.2, 0) is 17.9 Å². The van der Waals surface area contributed by atoms with Crippen LogP contribution in [0.4, 0.5) is 13.2 Å². The molecule has 0 amide bonds. The van der Waals surface area contributed by atoms with E-state index < -0.39 is 23.3 Å². The van der Waals surface area contributed by atoms with E-state index in [-0.39, 0.29) is 46.1 Å². The molecule has 0 radical (unpaired) electrons. The van der Waals surface area contributed by atoms with Crippen LogP contribution in [0.2, 0.25) is 0 Å². The van der Waals surface area contributed by atoms with Crippen LogP contribution in [-0.4, -0.2) is 67.5 Å². The van der Waals surface area contributed by atoms with Gasteiger partial charge in [0.25, 0.3) is 0 Å². The molecule has 3 aromatic heterocycles. The maximum Gasteiger partial charge on any atom is 0.317 e. The van der Waals surface area contributed by atoms with Crippen molar-refractivity contribution in [3.8, 4) is 46.7 Å². The maximum absolute atomic E-state index is 16.8. The molecule has 8 nitrogen and oxygen atoms in total. The van der Waals surface area contributed by atoms with Crippen LogP contribution in [0, 0.1) is 24.0 Å². The lowest BCUT2D eigenvalue weighted by atomic mass is 9.95. The molecule has 8 rings (SSSR count). The zero-order valence-corrected chi connectivity index (χ0v) is 24.9. The summed E-state index contributed by atoms with van der Waals surface area (Å²) in [7, 11) is 0. The van der Waals surface area contributed by atoms with Crippen LogP contribution in [0.1, 0.15) is 36.9 Å². The van der Waals surface area contributed by atoms with E-state index in [2.05, 4.69) is 25.4 Å². The molecule has 2 saturated heterocycles. The second-order valence-corrected chi connectivity index (χ2v) is 12.3. The zero-order valence-electron chi connectivity index (χ0n) is 24.9. The Hall–Kier alpha value is -4.66. The second kappa shape index (κ2) is 11.0. The number of halogens is 3. The summed E-state index contributed by atoms with van der Waals surface area (Å²) in [6.07, 6.45) is 9.11. The molecule has 0 saturated carbocycles. The average Bonchev–Trinajstić information content (AvgIpc) is 3.65.